The number of hydrogen-bond donors (Lipinski definition) is 0. The van der Waals surface area contributed by atoms with E-state index in [0.717, 1.165) is 18.7 Å². The predicted octanol–water partition coefficient (Wildman–Crippen LogP) is 2.50. The van der Waals surface area contributed by atoms with Crippen LogP contribution in [-0.2, 0) is 42.9 Å². The van der Waals surface area contributed by atoms with Gasteiger partial charge in [-0.15, -0.1) is 0 Å². The molecule has 0 N–H and O–H groups in total. The van der Waals surface area contributed by atoms with E-state index in [9.17, 15) is 22.8 Å². The molecule has 1 aromatic rings. The van der Waals surface area contributed by atoms with Gasteiger partial charge in [0.15, 0.2) is 0 Å². The van der Waals surface area contributed by atoms with E-state index in [2.05, 4.69) is 9.88 Å². The average molecular weight is 510 g/mol. The van der Waals surface area contributed by atoms with Crippen molar-refractivity contribution in [2.75, 3.05) is 40.0 Å². The van der Waals surface area contributed by atoms with E-state index < -0.39 is 23.3 Å². The van der Waals surface area contributed by atoms with Crippen LogP contribution in [-0.4, -0.2) is 84.4 Å². The van der Waals surface area contributed by atoms with Gasteiger partial charge in [-0.05, 0) is 25.0 Å². The minimum atomic E-state index is -4.51. The summed E-state index contributed by atoms with van der Waals surface area (Å²) in [5.74, 6) is -0.859. The molecule has 5 heterocycles. The summed E-state index contributed by atoms with van der Waals surface area (Å²) in [6.07, 6.45) is -1.59. The number of hydrogen-bond acceptors (Lipinski definition) is 7. The molecule has 5 rings (SSSR count). The van der Waals surface area contributed by atoms with E-state index in [1.807, 2.05) is 0 Å². The lowest BCUT2D eigenvalue weighted by molar-refractivity contribution is -0.154. The molecule has 0 saturated carbocycles. The van der Waals surface area contributed by atoms with Gasteiger partial charge < -0.3 is 19.1 Å². The van der Waals surface area contributed by atoms with Crippen molar-refractivity contribution in [3.63, 3.8) is 0 Å². The fraction of sp³-hybridized carbons (Fsp3) is 0.640. The molecule has 2 atom stereocenters. The van der Waals surface area contributed by atoms with Crippen LogP contribution >= 0.6 is 0 Å². The molecule has 1 amide bonds. The number of amides is 1. The third kappa shape index (κ3) is 4.41. The number of aromatic nitrogens is 1. The second-order valence-electron chi connectivity index (χ2n) is 9.93. The molecule has 4 aliphatic rings. The van der Waals surface area contributed by atoms with Crippen LogP contribution < -0.4 is 0 Å². The van der Waals surface area contributed by atoms with Crippen molar-refractivity contribution >= 4 is 11.9 Å². The topological polar surface area (TPSA) is 81.2 Å². The monoisotopic (exact) mass is 509 g/mol. The molecule has 0 bridgehead atoms. The quantitative estimate of drug-likeness (QED) is 0.580. The summed E-state index contributed by atoms with van der Waals surface area (Å²) in [5, 5.41) is 0. The number of halogens is 3. The van der Waals surface area contributed by atoms with E-state index in [4.69, 9.17) is 14.2 Å². The van der Waals surface area contributed by atoms with Gasteiger partial charge in [0.05, 0.1) is 23.8 Å². The number of rotatable bonds is 3. The summed E-state index contributed by atoms with van der Waals surface area (Å²) < 4.78 is 56.6. The molecule has 0 radical (unpaired) electrons. The molecule has 0 aliphatic carbocycles. The number of esters is 1. The molecule has 36 heavy (non-hydrogen) atoms. The highest BCUT2D eigenvalue weighted by atomic mass is 19.4. The molecule has 0 aromatic carbocycles. The SMILES string of the molecule is CO[C@H]1COCCC1N1CCC2(CC1)OC(=O)C(C)=C2C(=O)N1CCc2ncc(C(F)(F)F)cc2C1. The number of likely N-dealkylation sites (tertiary alicyclic amines) is 1. The van der Waals surface area contributed by atoms with Crippen molar-refractivity contribution in [1.82, 2.24) is 14.8 Å². The maximum Gasteiger partial charge on any atom is 0.417 e. The zero-order valence-electron chi connectivity index (χ0n) is 20.4. The smallest absolute Gasteiger partial charge is 0.417 e. The first-order valence-electron chi connectivity index (χ1n) is 12.3. The lowest BCUT2D eigenvalue weighted by Gasteiger charge is -2.45. The highest BCUT2D eigenvalue weighted by Gasteiger charge is 2.52. The standard InChI is InChI=1S/C25H30F3N3O5/c1-15-21(22(32)31-7-3-18-16(13-31)11-17(12-29-18)25(26,27)28)24(36-23(15)33)5-8-30(9-6-24)19-4-10-35-14-20(19)34-2/h11-12,19-20H,3-10,13-14H2,1-2H3/t19?,20-/m0/s1. The first-order chi connectivity index (χ1) is 17.1. The molecule has 8 nitrogen and oxygen atoms in total. The summed E-state index contributed by atoms with van der Waals surface area (Å²) in [5.41, 5.74) is -0.301. The van der Waals surface area contributed by atoms with Gasteiger partial charge in [-0.1, -0.05) is 0 Å². The van der Waals surface area contributed by atoms with Crippen LogP contribution in [0.25, 0.3) is 0 Å². The lowest BCUT2D eigenvalue weighted by Crippen LogP contribution is -2.56. The highest BCUT2D eigenvalue weighted by Crippen LogP contribution is 2.43. The molecule has 1 spiro atoms. The van der Waals surface area contributed by atoms with Crippen LogP contribution in [0.15, 0.2) is 23.4 Å². The van der Waals surface area contributed by atoms with Crippen molar-refractivity contribution in [3.05, 3.63) is 40.2 Å². The molecular formula is C25H30F3N3O5. The molecule has 4 aliphatic heterocycles. The number of pyridine rings is 1. The summed E-state index contributed by atoms with van der Waals surface area (Å²) in [6, 6.07) is 1.25. The normalized spacial score (nSPS) is 26.8. The Balaban J connectivity index is 1.34. The van der Waals surface area contributed by atoms with E-state index in [1.165, 1.54) is 4.90 Å². The second-order valence-corrected chi connectivity index (χ2v) is 9.93. The van der Waals surface area contributed by atoms with Gasteiger partial charge in [0.2, 0.25) is 0 Å². The summed E-state index contributed by atoms with van der Waals surface area (Å²) in [7, 11) is 1.67. The second kappa shape index (κ2) is 9.42. The predicted molar refractivity (Wildman–Crippen MR) is 121 cm³/mol. The Labute approximate surface area is 207 Å². The third-order valence-electron chi connectivity index (χ3n) is 7.94. The number of alkyl halides is 3. The largest absolute Gasteiger partial charge is 0.450 e. The summed E-state index contributed by atoms with van der Waals surface area (Å²) in [6.45, 7) is 4.36. The maximum absolute atomic E-state index is 13.7. The average Bonchev–Trinajstić information content (AvgIpc) is 3.11. The highest BCUT2D eigenvalue weighted by molar-refractivity contribution is 6.07. The van der Waals surface area contributed by atoms with Crippen molar-refractivity contribution in [3.8, 4) is 0 Å². The molecule has 11 heteroatoms. The van der Waals surface area contributed by atoms with E-state index in [-0.39, 0.29) is 30.2 Å². The van der Waals surface area contributed by atoms with Crippen molar-refractivity contribution < 1.29 is 37.0 Å². The first kappa shape index (κ1) is 25.2. The van der Waals surface area contributed by atoms with Crippen molar-refractivity contribution in [2.45, 2.75) is 63.1 Å². The zero-order chi connectivity index (χ0) is 25.7. The summed E-state index contributed by atoms with van der Waals surface area (Å²) in [4.78, 5) is 34.2. The number of carbonyl (C=O) groups is 2. The number of fused-ring (bicyclic) bond motifs is 1. The Morgan fingerprint density at radius 1 is 1.25 bits per heavy atom. The van der Waals surface area contributed by atoms with E-state index in [0.29, 0.717) is 68.9 Å². The molecule has 1 aromatic heterocycles. The zero-order valence-corrected chi connectivity index (χ0v) is 20.4. The minimum absolute atomic E-state index is 0.00978. The first-order valence-corrected chi connectivity index (χ1v) is 12.3. The summed E-state index contributed by atoms with van der Waals surface area (Å²) >= 11 is 0. The molecule has 196 valence electrons. The fourth-order valence-corrected chi connectivity index (χ4v) is 5.93. The Kier molecular flexibility index (Phi) is 6.59. The van der Waals surface area contributed by atoms with Crippen LogP contribution in [0.3, 0.4) is 0 Å². The Morgan fingerprint density at radius 2 is 2.00 bits per heavy atom. The maximum atomic E-state index is 13.7. The van der Waals surface area contributed by atoms with E-state index >= 15 is 0 Å². The Bertz CT molecular complexity index is 1080. The van der Waals surface area contributed by atoms with Gasteiger partial charge in [-0.2, -0.15) is 13.2 Å². The number of piperidine rings is 1. The van der Waals surface area contributed by atoms with Gasteiger partial charge in [0.25, 0.3) is 5.91 Å². The van der Waals surface area contributed by atoms with Crippen LogP contribution in [0.2, 0.25) is 0 Å². The van der Waals surface area contributed by atoms with E-state index in [1.54, 1.807) is 14.0 Å². The Morgan fingerprint density at radius 3 is 2.69 bits per heavy atom. The van der Waals surface area contributed by atoms with Crippen LogP contribution in [0, 0.1) is 0 Å². The van der Waals surface area contributed by atoms with Gasteiger partial charge in [0, 0.05) is 82.7 Å². The molecule has 2 fully saturated rings. The van der Waals surface area contributed by atoms with Gasteiger partial charge in [0.1, 0.15) is 5.60 Å². The van der Waals surface area contributed by atoms with Gasteiger partial charge in [-0.3, -0.25) is 14.7 Å². The number of ether oxygens (including phenoxy) is 3. The fourth-order valence-electron chi connectivity index (χ4n) is 5.93. The number of nitrogens with zero attached hydrogens (tertiary/aromatic N) is 3. The molecular weight excluding hydrogens is 479 g/mol. The number of methoxy groups -OCH3 is 1. The minimum Gasteiger partial charge on any atom is -0.450 e. The molecule has 1 unspecified atom stereocenters. The molecule has 2 saturated heterocycles. The van der Waals surface area contributed by atoms with Crippen molar-refractivity contribution in [2.24, 2.45) is 0 Å². The third-order valence-corrected chi connectivity index (χ3v) is 7.94. The van der Waals surface area contributed by atoms with Gasteiger partial charge in [-0.25, -0.2) is 4.79 Å². The van der Waals surface area contributed by atoms with Gasteiger partial charge >= 0.3 is 12.1 Å². The Hall–Kier alpha value is -2.50. The van der Waals surface area contributed by atoms with Crippen LogP contribution in [0.5, 0.6) is 0 Å². The van der Waals surface area contributed by atoms with Crippen LogP contribution in [0.1, 0.15) is 43.0 Å². The lowest BCUT2D eigenvalue weighted by atomic mass is 9.81. The number of carbonyl (C=O) groups excluding carboxylic acids is 2. The van der Waals surface area contributed by atoms with Crippen molar-refractivity contribution in [1.29, 1.82) is 0 Å². The van der Waals surface area contributed by atoms with Crippen LogP contribution in [0.4, 0.5) is 13.2 Å².